The minimum Gasteiger partial charge on any atom is -0.491 e. The van der Waals surface area contributed by atoms with Gasteiger partial charge in [-0.25, -0.2) is 0 Å². The highest BCUT2D eigenvalue weighted by molar-refractivity contribution is 7.80. The molecule has 0 saturated heterocycles. The second-order valence-corrected chi connectivity index (χ2v) is 5.55. The first kappa shape index (κ1) is 15.3. The highest BCUT2D eigenvalue weighted by Crippen LogP contribution is 2.19. The lowest BCUT2D eigenvalue weighted by atomic mass is 10.2. The third-order valence-corrected chi connectivity index (χ3v) is 2.98. The van der Waals surface area contributed by atoms with Crippen LogP contribution in [0.2, 0.25) is 0 Å². The second-order valence-electron chi connectivity index (χ2n) is 5.14. The molecule has 2 rings (SSSR count). The minimum atomic E-state index is 0.151. The molecule has 2 aromatic carbocycles. The van der Waals surface area contributed by atoms with Crippen LogP contribution in [0.5, 0.6) is 5.75 Å². The molecule has 0 aromatic heterocycles. The molecule has 2 aromatic rings. The summed E-state index contributed by atoms with van der Waals surface area (Å²) in [5.74, 6) is 0.827. The standard InChI is InChI=1S/C17H20N2OS/c1-12(2)20-16-6-4-5-15(11-16)19-17(21)18-14-9-7-13(3)8-10-14/h4-12H,1-3H3,(H2,18,19,21). The molecule has 0 unspecified atom stereocenters. The van der Waals surface area contributed by atoms with Crippen molar-refractivity contribution in [2.75, 3.05) is 10.6 Å². The zero-order valence-corrected chi connectivity index (χ0v) is 13.3. The van der Waals surface area contributed by atoms with E-state index in [1.807, 2.05) is 62.4 Å². The largest absolute Gasteiger partial charge is 0.491 e. The van der Waals surface area contributed by atoms with E-state index < -0.39 is 0 Å². The van der Waals surface area contributed by atoms with Gasteiger partial charge in [0, 0.05) is 17.4 Å². The van der Waals surface area contributed by atoms with Crippen molar-refractivity contribution >= 4 is 28.7 Å². The van der Waals surface area contributed by atoms with Crippen LogP contribution in [0, 0.1) is 6.92 Å². The molecule has 3 nitrogen and oxygen atoms in total. The maximum absolute atomic E-state index is 5.66. The van der Waals surface area contributed by atoms with Gasteiger partial charge < -0.3 is 15.4 Å². The number of benzene rings is 2. The highest BCUT2D eigenvalue weighted by atomic mass is 32.1. The SMILES string of the molecule is Cc1ccc(NC(=S)Nc2cccc(OC(C)C)c2)cc1. The lowest BCUT2D eigenvalue weighted by Gasteiger charge is -2.13. The summed E-state index contributed by atoms with van der Waals surface area (Å²) in [6.07, 6.45) is 0.151. The summed E-state index contributed by atoms with van der Waals surface area (Å²) in [7, 11) is 0. The molecule has 2 N–H and O–H groups in total. The molecule has 0 spiro atoms. The van der Waals surface area contributed by atoms with Gasteiger partial charge in [0.2, 0.25) is 0 Å². The molecule has 0 aliphatic rings. The predicted octanol–water partition coefficient (Wildman–Crippen LogP) is 4.59. The first-order valence-corrected chi connectivity index (χ1v) is 7.35. The van der Waals surface area contributed by atoms with Gasteiger partial charge in [0.25, 0.3) is 0 Å². The van der Waals surface area contributed by atoms with Crippen molar-refractivity contribution in [1.29, 1.82) is 0 Å². The van der Waals surface area contributed by atoms with Gasteiger partial charge in [-0.3, -0.25) is 0 Å². The van der Waals surface area contributed by atoms with Gasteiger partial charge in [-0.05, 0) is 57.3 Å². The lowest BCUT2D eigenvalue weighted by molar-refractivity contribution is 0.242. The van der Waals surface area contributed by atoms with E-state index in [9.17, 15) is 0 Å². The van der Waals surface area contributed by atoms with Crippen molar-refractivity contribution in [3.63, 3.8) is 0 Å². The fourth-order valence-corrected chi connectivity index (χ4v) is 2.09. The summed E-state index contributed by atoms with van der Waals surface area (Å²) in [4.78, 5) is 0. The minimum absolute atomic E-state index is 0.151. The summed E-state index contributed by atoms with van der Waals surface area (Å²) in [5, 5.41) is 6.87. The summed E-state index contributed by atoms with van der Waals surface area (Å²) >= 11 is 5.32. The van der Waals surface area contributed by atoms with E-state index in [1.165, 1.54) is 5.56 Å². The van der Waals surface area contributed by atoms with Crippen LogP contribution in [0.1, 0.15) is 19.4 Å². The lowest BCUT2D eigenvalue weighted by Crippen LogP contribution is -2.19. The number of hydrogen-bond acceptors (Lipinski definition) is 2. The fourth-order valence-electron chi connectivity index (χ4n) is 1.85. The van der Waals surface area contributed by atoms with Gasteiger partial charge in [-0.1, -0.05) is 23.8 Å². The van der Waals surface area contributed by atoms with E-state index in [0.717, 1.165) is 17.1 Å². The Balaban J connectivity index is 1.97. The van der Waals surface area contributed by atoms with Crippen molar-refractivity contribution < 1.29 is 4.74 Å². The summed E-state index contributed by atoms with van der Waals surface area (Å²) < 4.78 is 5.66. The van der Waals surface area contributed by atoms with E-state index in [4.69, 9.17) is 17.0 Å². The van der Waals surface area contributed by atoms with Crippen LogP contribution in [-0.2, 0) is 0 Å². The fraction of sp³-hybridized carbons (Fsp3) is 0.235. The number of anilines is 2. The Bertz CT molecular complexity index is 608. The van der Waals surface area contributed by atoms with Crippen LogP contribution in [0.15, 0.2) is 48.5 Å². The second kappa shape index (κ2) is 7.09. The summed E-state index contributed by atoms with van der Waals surface area (Å²) in [6.45, 7) is 6.06. The average molecular weight is 300 g/mol. The molecular formula is C17H20N2OS. The van der Waals surface area contributed by atoms with Crippen molar-refractivity contribution in [2.45, 2.75) is 26.9 Å². The Kier molecular flexibility index (Phi) is 5.17. The normalized spacial score (nSPS) is 10.3. The molecule has 4 heteroatoms. The third kappa shape index (κ3) is 5.08. The average Bonchev–Trinajstić information content (AvgIpc) is 2.41. The molecule has 0 fully saturated rings. The first-order valence-electron chi connectivity index (χ1n) is 6.94. The van der Waals surface area contributed by atoms with Crippen LogP contribution >= 0.6 is 12.2 Å². The monoisotopic (exact) mass is 300 g/mol. The zero-order chi connectivity index (χ0) is 15.2. The molecule has 21 heavy (non-hydrogen) atoms. The van der Waals surface area contributed by atoms with Crippen molar-refractivity contribution in [3.8, 4) is 5.75 Å². The van der Waals surface area contributed by atoms with Crippen LogP contribution in [0.25, 0.3) is 0 Å². The van der Waals surface area contributed by atoms with Crippen LogP contribution in [0.4, 0.5) is 11.4 Å². The Hall–Kier alpha value is -2.07. The van der Waals surface area contributed by atoms with E-state index >= 15 is 0 Å². The molecule has 0 heterocycles. The smallest absolute Gasteiger partial charge is 0.175 e. The number of nitrogens with one attached hydrogen (secondary N) is 2. The zero-order valence-electron chi connectivity index (χ0n) is 12.5. The number of aryl methyl sites for hydroxylation is 1. The molecule has 0 atom stereocenters. The molecule has 0 saturated carbocycles. The van der Waals surface area contributed by atoms with Crippen molar-refractivity contribution in [1.82, 2.24) is 0 Å². The van der Waals surface area contributed by atoms with Crippen LogP contribution in [-0.4, -0.2) is 11.2 Å². The van der Waals surface area contributed by atoms with E-state index in [2.05, 4.69) is 17.6 Å². The molecule has 0 amide bonds. The number of hydrogen-bond donors (Lipinski definition) is 2. The van der Waals surface area contributed by atoms with E-state index in [1.54, 1.807) is 0 Å². The molecule has 0 bridgehead atoms. The predicted molar refractivity (Wildman–Crippen MR) is 93.2 cm³/mol. The Morgan fingerprint density at radius 1 is 1.00 bits per heavy atom. The molecule has 0 radical (unpaired) electrons. The van der Waals surface area contributed by atoms with Gasteiger partial charge in [0.15, 0.2) is 5.11 Å². The number of thiocarbonyl (C=S) groups is 1. The van der Waals surface area contributed by atoms with Crippen LogP contribution < -0.4 is 15.4 Å². The van der Waals surface area contributed by atoms with Gasteiger partial charge in [-0.15, -0.1) is 0 Å². The molecule has 110 valence electrons. The Labute approximate surface area is 131 Å². The number of rotatable bonds is 4. The van der Waals surface area contributed by atoms with Gasteiger partial charge in [-0.2, -0.15) is 0 Å². The quantitative estimate of drug-likeness (QED) is 0.809. The summed E-state index contributed by atoms with van der Waals surface area (Å²) in [5.41, 5.74) is 3.09. The molecule has 0 aliphatic carbocycles. The number of ether oxygens (including phenoxy) is 1. The van der Waals surface area contributed by atoms with E-state index in [-0.39, 0.29) is 6.10 Å². The topological polar surface area (TPSA) is 33.3 Å². The Morgan fingerprint density at radius 2 is 1.67 bits per heavy atom. The van der Waals surface area contributed by atoms with Crippen molar-refractivity contribution in [3.05, 3.63) is 54.1 Å². The maximum atomic E-state index is 5.66. The molecular weight excluding hydrogens is 280 g/mol. The van der Waals surface area contributed by atoms with Gasteiger partial charge in [0.05, 0.1) is 6.10 Å². The van der Waals surface area contributed by atoms with Crippen molar-refractivity contribution in [2.24, 2.45) is 0 Å². The maximum Gasteiger partial charge on any atom is 0.175 e. The molecule has 0 aliphatic heterocycles. The first-order chi connectivity index (χ1) is 10.0. The third-order valence-electron chi connectivity index (χ3n) is 2.77. The van der Waals surface area contributed by atoms with Gasteiger partial charge in [0.1, 0.15) is 5.75 Å². The van der Waals surface area contributed by atoms with Gasteiger partial charge >= 0.3 is 0 Å². The highest BCUT2D eigenvalue weighted by Gasteiger charge is 2.02. The van der Waals surface area contributed by atoms with E-state index in [0.29, 0.717) is 5.11 Å². The summed E-state index contributed by atoms with van der Waals surface area (Å²) in [6, 6.07) is 15.9. The Morgan fingerprint density at radius 3 is 2.33 bits per heavy atom. The van der Waals surface area contributed by atoms with Crippen LogP contribution in [0.3, 0.4) is 0 Å².